The molecule has 6 heteroatoms. The van der Waals surface area contributed by atoms with Gasteiger partial charge in [-0.2, -0.15) is 13.2 Å². The third-order valence-corrected chi connectivity index (χ3v) is 4.46. The molecule has 0 aliphatic heterocycles. The molecule has 0 fully saturated rings. The van der Waals surface area contributed by atoms with Gasteiger partial charge in [-0.25, -0.2) is 0 Å². The van der Waals surface area contributed by atoms with E-state index in [2.05, 4.69) is 5.32 Å². The van der Waals surface area contributed by atoms with Crippen molar-refractivity contribution < 1.29 is 18.0 Å². The molecule has 0 aliphatic rings. The molecule has 2 nitrogen and oxygen atoms in total. The van der Waals surface area contributed by atoms with Crippen molar-refractivity contribution in [3.8, 4) is 0 Å². The maximum absolute atomic E-state index is 12.9. The van der Waals surface area contributed by atoms with Crippen molar-refractivity contribution in [1.29, 1.82) is 0 Å². The van der Waals surface area contributed by atoms with E-state index in [1.807, 2.05) is 32.0 Å². The molecule has 25 heavy (non-hydrogen) atoms. The van der Waals surface area contributed by atoms with Crippen LogP contribution >= 0.6 is 11.6 Å². The third kappa shape index (κ3) is 5.06. The zero-order chi connectivity index (χ0) is 18.6. The quantitative estimate of drug-likeness (QED) is 0.693. The molecule has 2 aromatic rings. The van der Waals surface area contributed by atoms with E-state index in [4.69, 9.17) is 11.6 Å². The average molecular weight is 370 g/mol. The van der Waals surface area contributed by atoms with Crippen LogP contribution in [0.2, 0.25) is 5.02 Å². The normalized spacial score (nSPS) is 12.9. The van der Waals surface area contributed by atoms with Crippen molar-refractivity contribution in [3.63, 3.8) is 0 Å². The molecule has 0 aromatic heterocycles. The Morgan fingerprint density at radius 3 is 2.56 bits per heavy atom. The fraction of sp³-hybridized carbons (Fsp3) is 0.316. The van der Waals surface area contributed by atoms with E-state index in [1.165, 1.54) is 6.07 Å². The number of hydrogen-bond acceptors (Lipinski definition) is 2. The first-order valence-corrected chi connectivity index (χ1v) is 8.25. The van der Waals surface area contributed by atoms with Crippen LogP contribution in [0.5, 0.6) is 0 Å². The van der Waals surface area contributed by atoms with Crippen LogP contribution in [0.25, 0.3) is 0 Å². The Balaban J connectivity index is 2.00. The minimum Gasteiger partial charge on any atom is -0.310 e. The summed E-state index contributed by atoms with van der Waals surface area (Å²) in [5.41, 5.74) is 2.26. The molecule has 0 saturated carbocycles. The highest BCUT2D eigenvalue weighted by atomic mass is 35.5. The Kier molecular flexibility index (Phi) is 6.25. The van der Waals surface area contributed by atoms with Gasteiger partial charge in [0.05, 0.1) is 10.6 Å². The van der Waals surface area contributed by atoms with Gasteiger partial charge in [0.1, 0.15) is 6.29 Å². The zero-order valence-electron chi connectivity index (χ0n) is 14.0. The lowest BCUT2D eigenvalue weighted by Crippen LogP contribution is -2.21. The number of benzene rings is 2. The van der Waals surface area contributed by atoms with Gasteiger partial charge in [-0.15, -0.1) is 0 Å². The van der Waals surface area contributed by atoms with E-state index in [1.54, 1.807) is 6.07 Å². The second kappa shape index (κ2) is 8.02. The molecular weight excluding hydrogens is 351 g/mol. The number of rotatable bonds is 6. The first-order valence-electron chi connectivity index (χ1n) is 7.87. The lowest BCUT2D eigenvalue weighted by molar-refractivity contribution is -0.137. The molecular formula is C19H19ClF3NO. The highest BCUT2D eigenvalue weighted by Crippen LogP contribution is 2.35. The van der Waals surface area contributed by atoms with Crippen LogP contribution in [0.4, 0.5) is 13.2 Å². The Labute approximate surface area is 150 Å². The number of hydrogen-bond donors (Lipinski definition) is 1. The predicted octanol–water partition coefficient (Wildman–Crippen LogP) is 5.37. The van der Waals surface area contributed by atoms with Crippen LogP contribution in [0, 0.1) is 6.92 Å². The molecule has 0 bridgehead atoms. The van der Waals surface area contributed by atoms with Crippen molar-refractivity contribution in [1.82, 2.24) is 5.32 Å². The Morgan fingerprint density at radius 2 is 1.92 bits per heavy atom. The van der Waals surface area contributed by atoms with Crippen molar-refractivity contribution in [2.45, 2.75) is 32.5 Å². The molecule has 0 saturated heterocycles. The first-order chi connectivity index (χ1) is 11.7. The maximum atomic E-state index is 12.9. The molecule has 0 spiro atoms. The molecule has 2 aromatic carbocycles. The zero-order valence-corrected chi connectivity index (χ0v) is 14.7. The minimum absolute atomic E-state index is 0.0197. The van der Waals surface area contributed by atoms with Crippen LogP contribution in [0.15, 0.2) is 36.4 Å². The molecule has 1 atom stereocenters. The molecule has 0 heterocycles. The molecule has 2 rings (SSSR count). The smallest absolute Gasteiger partial charge is 0.310 e. The van der Waals surface area contributed by atoms with Gasteiger partial charge < -0.3 is 5.32 Å². The van der Waals surface area contributed by atoms with E-state index < -0.39 is 11.7 Å². The molecule has 1 unspecified atom stereocenters. The van der Waals surface area contributed by atoms with Crippen LogP contribution < -0.4 is 5.32 Å². The number of carbonyl (C=O) groups is 1. The van der Waals surface area contributed by atoms with E-state index in [0.717, 1.165) is 23.5 Å². The Bertz CT molecular complexity index is 759. The van der Waals surface area contributed by atoms with Crippen LogP contribution in [-0.4, -0.2) is 12.8 Å². The maximum Gasteiger partial charge on any atom is 0.417 e. The summed E-state index contributed by atoms with van der Waals surface area (Å²) in [5, 5.41) is 2.97. The fourth-order valence-corrected chi connectivity index (χ4v) is 2.78. The van der Waals surface area contributed by atoms with Crippen LogP contribution in [0.3, 0.4) is 0 Å². The topological polar surface area (TPSA) is 29.1 Å². The summed E-state index contributed by atoms with van der Waals surface area (Å²) in [6, 6.07) is 9.58. The summed E-state index contributed by atoms with van der Waals surface area (Å²) in [4.78, 5) is 11.0. The molecule has 0 amide bonds. The first kappa shape index (κ1) is 19.5. The molecule has 0 aliphatic carbocycles. The summed E-state index contributed by atoms with van der Waals surface area (Å²) in [7, 11) is 0. The number of halogens is 4. The summed E-state index contributed by atoms with van der Waals surface area (Å²) in [6.45, 7) is 4.32. The van der Waals surface area contributed by atoms with E-state index in [0.29, 0.717) is 24.1 Å². The SMILES string of the molecule is Cc1ccc(C(C)NCCc2ccc(Cl)c(C(F)(F)F)c2)cc1C=O. The van der Waals surface area contributed by atoms with E-state index in [-0.39, 0.29) is 11.1 Å². The molecule has 134 valence electrons. The largest absolute Gasteiger partial charge is 0.417 e. The van der Waals surface area contributed by atoms with Gasteiger partial charge >= 0.3 is 6.18 Å². The minimum atomic E-state index is -4.46. The van der Waals surface area contributed by atoms with Gasteiger partial charge in [0.15, 0.2) is 0 Å². The average Bonchev–Trinajstić information content (AvgIpc) is 2.55. The number of alkyl halides is 3. The second-order valence-electron chi connectivity index (χ2n) is 5.97. The van der Waals surface area contributed by atoms with Crippen molar-refractivity contribution in [2.75, 3.05) is 6.54 Å². The van der Waals surface area contributed by atoms with Crippen LogP contribution in [0.1, 0.15) is 45.6 Å². The van der Waals surface area contributed by atoms with Gasteiger partial charge in [0, 0.05) is 11.6 Å². The summed E-state index contributed by atoms with van der Waals surface area (Å²) in [6.07, 6.45) is -3.20. The van der Waals surface area contributed by atoms with Gasteiger partial charge in [0.2, 0.25) is 0 Å². The molecule has 0 radical (unpaired) electrons. The predicted molar refractivity (Wildman–Crippen MR) is 93.1 cm³/mol. The summed E-state index contributed by atoms with van der Waals surface area (Å²) < 4.78 is 38.6. The van der Waals surface area contributed by atoms with Crippen molar-refractivity contribution in [2.24, 2.45) is 0 Å². The number of aldehydes is 1. The Morgan fingerprint density at radius 1 is 1.20 bits per heavy atom. The fourth-order valence-electron chi connectivity index (χ4n) is 2.55. The van der Waals surface area contributed by atoms with Gasteiger partial charge in [0.25, 0.3) is 0 Å². The number of aryl methyl sites for hydroxylation is 1. The third-order valence-electron chi connectivity index (χ3n) is 4.13. The lowest BCUT2D eigenvalue weighted by atomic mass is 10.0. The summed E-state index contributed by atoms with van der Waals surface area (Å²) >= 11 is 5.62. The second-order valence-corrected chi connectivity index (χ2v) is 6.38. The standard InChI is InChI=1S/C19H19ClF3NO/c1-12-3-5-15(10-16(12)11-25)13(2)24-8-7-14-4-6-18(20)17(9-14)19(21,22)23/h3-6,9-11,13,24H,7-8H2,1-2H3. The monoisotopic (exact) mass is 369 g/mol. The number of carbonyl (C=O) groups excluding carboxylic acids is 1. The lowest BCUT2D eigenvalue weighted by Gasteiger charge is -2.16. The van der Waals surface area contributed by atoms with E-state index >= 15 is 0 Å². The Hall–Kier alpha value is -1.85. The van der Waals surface area contributed by atoms with Crippen molar-refractivity contribution >= 4 is 17.9 Å². The summed E-state index contributed by atoms with van der Waals surface area (Å²) in [5.74, 6) is 0. The van der Waals surface area contributed by atoms with Gasteiger partial charge in [-0.05, 0) is 61.7 Å². The van der Waals surface area contributed by atoms with Crippen molar-refractivity contribution in [3.05, 3.63) is 69.2 Å². The van der Waals surface area contributed by atoms with Crippen LogP contribution in [-0.2, 0) is 12.6 Å². The molecule has 1 N–H and O–H groups in total. The number of nitrogens with one attached hydrogen (secondary N) is 1. The highest BCUT2D eigenvalue weighted by Gasteiger charge is 2.33. The van der Waals surface area contributed by atoms with Gasteiger partial charge in [-0.3, -0.25) is 4.79 Å². The van der Waals surface area contributed by atoms with E-state index in [9.17, 15) is 18.0 Å². The van der Waals surface area contributed by atoms with Gasteiger partial charge in [-0.1, -0.05) is 29.8 Å². The highest BCUT2D eigenvalue weighted by molar-refractivity contribution is 6.31.